The minimum Gasteiger partial charge on any atom is -0.286 e. The Hall–Kier alpha value is -2.12. The van der Waals surface area contributed by atoms with E-state index in [1.54, 1.807) is 23.3 Å². The fourth-order valence-electron chi connectivity index (χ4n) is 0.756. The second-order valence-corrected chi connectivity index (χ2v) is 3.95. The summed E-state index contributed by atoms with van der Waals surface area (Å²) in [5.74, 6) is 0.233. The van der Waals surface area contributed by atoms with Crippen LogP contribution in [0.2, 0.25) is 0 Å². The molecule has 0 fully saturated rings. The lowest BCUT2D eigenvalue weighted by Crippen LogP contribution is -2.48. The fraction of sp³-hybridized carbons (Fsp3) is 0. The van der Waals surface area contributed by atoms with Crippen molar-refractivity contribution in [2.24, 2.45) is 0 Å². The Kier molecular flexibility index (Phi) is 6.34. The molecule has 0 spiro atoms. The predicted molar refractivity (Wildman–Crippen MR) is 65.2 cm³/mol. The molecule has 0 unspecified atom stereocenters. The van der Waals surface area contributed by atoms with E-state index < -0.39 is 10.3 Å². The maximum absolute atomic E-state index is 10.1. The van der Waals surface area contributed by atoms with Crippen LogP contribution in [0.25, 0.3) is 0 Å². The molecule has 6 N–H and O–H groups in total. The van der Waals surface area contributed by atoms with Crippen LogP contribution in [0.15, 0.2) is 36.9 Å². The number of hydrogen-bond acceptors (Lipinski definition) is 8. The molecule has 0 amide bonds. The predicted octanol–water partition coefficient (Wildman–Crippen LogP) is -1.39. The summed E-state index contributed by atoms with van der Waals surface area (Å²) in [5.41, 5.74) is 6.52. The van der Waals surface area contributed by atoms with E-state index >= 15 is 0 Å². The largest absolute Gasteiger partial charge is 0.347 e. The second-order valence-electron chi connectivity index (χ2n) is 2.79. The van der Waals surface area contributed by atoms with Crippen molar-refractivity contribution in [2.75, 3.05) is 5.43 Å². The van der Waals surface area contributed by atoms with E-state index in [1.165, 1.54) is 12.4 Å². The Bertz CT molecular complexity index is 514. The highest BCUT2D eigenvalue weighted by Crippen LogP contribution is 1.88. The van der Waals surface area contributed by atoms with Crippen molar-refractivity contribution in [3.05, 3.63) is 36.9 Å². The highest BCUT2D eigenvalue weighted by atomic mass is 32.2. The van der Waals surface area contributed by atoms with Crippen LogP contribution in [0.4, 0.5) is 5.95 Å². The van der Waals surface area contributed by atoms with Gasteiger partial charge in [0.1, 0.15) is 0 Å². The van der Waals surface area contributed by atoms with Crippen molar-refractivity contribution < 1.29 is 13.0 Å². The number of aromatic nitrogens is 4. The SMILES string of the molecule is O=S(=O)(O)NNNNc1ncccn1.c1cn[nH]c1. The highest BCUT2D eigenvalue weighted by molar-refractivity contribution is 7.83. The first-order valence-electron chi connectivity index (χ1n) is 4.79. The molecule has 19 heavy (non-hydrogen) atoms. The molecule has 2 rings (SSSR count). The van der Waals surface area contributed by atoms with E-state index in [0.29, 0.717) is 0 Å². The zero-order valence-electron chi connectivity index (χ0n) is 9.48. The summed E-state index contributed by atoms with van der Waals surface area (Å²) in [4.78, 5) is 9.04. The Morgan fingerprint density at radius 3 is 2.32 bits per heavy atom. The number of aromatic amines is 1. The maximum atomic E-state index is 10.1. The van der Waals surface area contributed by atoms with Gasteiger partial charge < -0.3 is 0 Å². The smallest absolute Gasteiger partial charge is 0.286 e. The monoisotopic (exact) mass is 288 g/mol. The van der Waals surface area contributed by atoms with Gasteiger partial charge in [0.2, 0.25) is 5.95 Å². The molecule has 0 atom stereocenters. The van der Waals surface area contributed by atoms with Crippen LogP contribution in [0.5, 0.6) is 0 Å². The molecule has 0 saturated heterocycles. The van der Waals surface area contributed by atoms with Gasteiger partial charge in [0.15, 0.2) is 0 Å². The second kappa shape index (κ2) is 8.06. The Morgan fingerprint density at radius 2 is 1.84 bits per heavy atom. The first-order valence-corrected chi connectivity index (χ1v) is 6.23. The molecule has 2 aromatic heterocycles. The van der Waals surface area contributed by atoms with Gasteiger partial charge in [-0.3, -0.25) is 15.1 Å². The van der Waals surface area contributed by atoms with Crippen LogP contribution in [0.3, 0.4) is 0 Å². The summed E-state index contributed by atoms with van der Waals surface area (Å²) < 4.78 is 28.5. The van der Waals surface area contributed by atoms with Crippen molar-refractivity contribution >= 4 is 16.3 Å². The van der Waals surface area contributed by atoms with Gasteiger partial charge in [-0.25, -0.2) is 9.97 Å². The average molecular weight is 288 g/mol. The summed E-state index contributed by atoms with van der Waals surface area (Å²) in [5, 5.41) is 6.21. The third-order valence-electron chi connectivity index (χ3n) is 1.39. The van der Waals surface area contributed by atoms with Crippen molar-refractivity contribution in [1.29, 1.82) is 0 Å². The summed E-state index contributed by atoms with van der Waals surface area (Å²) >= 11 is 0. The summed E-state index contributed by atoms with van der Waals surface area (Å²) in [7, 11) is -4.28. The third-order valence-corrected chi connectivity index (χ3v) is 1.75. The molecular formula is C7H12N8O3S. The molecule has 2 aromatic rings. The number of nitrogens with one attached hydrogen (secondary N) is 5. The van der Waals surface area contributed by atoms with Crippen LogP contribution in [-0.4, -0.2) is 33.1 Å². The zero-order chi connectivity index (χ0) is 14.0. The van der Waals surface area contributed by atoms with Crippen LogP contribution in [-0.2, 0) is 10.3 Å². The highest BCUT2D eigenvalue weighted by Gasteiger charge is 1.99. The molecule has 12 heteroatoms. The Balaban J connectivity index is 0.000000300. The molecular weight excluding hydrogens is 276 g/mol. The maximum Gasteiger partial charge on any atom is 0.347 e. The number of nitrogens with zero attached hydrogens (tertiary/aromatic N) is 3. The van der Waals surface area contributed by atoms with Crippen molar-refractivity contribution in [3.63, 3.8) is 0 Å². The molecule has 104 valence electrons. The first kappa shape index (κ1) is 14.9. The van der Waals surface area contributed by atoms with E-state index in [1.807, 2.05) is 11.6 Å². The third kappa shape index (κ3) is 8.58. The lowest BCUT2D eigenvalue weighted by Gasteiger charge is -2.06. The van der Waals surface area contributed by atoms with Crippen molar-refractivity contribution in [2.45, 2.75) is 0 Å². The molecule has 0 saturated carbocycles. The minimum atomic E-state index is -4.28. The number of H-pyrrole nitrogens is 1. The fourth-order valence-corrected chi connectivity index (χ4v) is 0.936. The van der Waals surface area contributed by atoms with E-state index in [2.05, 4.69) is 31.1 Å². The number of rotatable bonds is 5. The van der Waals surface area contributed by atoms with Gasteiger partial charge in [-0.05, 0) is 12.1 Å². The van der Waals surface area contributed by atoms with Gasteiger partial charge in [0, 0.05) is 24.8 Å². The molecule has 2 heterocycles. The van der Waals surface area contributed by atoms with Gasteiger partial charge in [-0.1, -0.05) is 0 Å². The van der Waals surface area contributed by atoms with Crippen molar-refractivity contribution in [1.82, 2.24) is 36.1 Å². The van der Waals surface area contributed by atoms with Crippen LogP contribution in [0.1, 0.15) is 0 Å². The zero-order valence-corrected chi connectivity index (χ0v) is 10.3. The van der Waals surface area contributed by atoms with Crippen molar-refractivity contribution in [3.8, 4) is 0 Å². The van der Waals surface area contributed by atoms with Crippen LogP contribution < -0.4 is 21.3 Å². The van der Waals surface area contributed by atoms with Gasteiger partial charge in [-0.15, -0.1) is 4.83 Å². The molecule has 0 bridgehead atoms. The quantitative estimate of drug-likeness (QED) is 0.221. The van der Waals surface area contributed by atoms with Gasteiger partial charge >= 0.3 is 10.3 Å². The summed E-state index contributed by atoms with van der Waals surface area (Å²) in [6.45, 7) is 0. The Morgan fingerprint density at radius 1 is 1.11 bits per heavy atom. The van der Waals surface area contributed by atoms with Gasteiger partial charge in [0.05, 0.1) is 0 Å². The summed E-state index contributed by atoms with van der Waals surface area (Å²) in [6, 6.07) is 3.45. The first-order chi connectivity index (χ1) is 9.08. The van der Waals surface area contributed by atoms with Gasteiger partial charge in [-0.2, -0.15) is 24.6 Å². The molecule has 0 aliphatic carbocycles. The molecule has 0 aliphatic heterocycles. The Labute approximate surface area is 108 Å². The molecule has 11 nitrogen and oxygen atoms in total. The number of hydrazine groups is 3. The number of hydrogen-bond donors (Lipinski definition) is 6. The lowest BCUT2D eigenvalue weighted by molar-refractivity contribution is 0.437. The molecule has 0 radical (unpaired) electrons. The standard InChI is InChI=1S/C4H8N6O3S.C3H4N2/c11-14(12,13)10-9-8-7-4-5-2-1-3-6-4;1-2-4-5-3-1/h1-3,8-10H,(H,5,6,7)(H,11,12,13);1-3H,(H,4,5). The van der Waals surface area contributed by atoms with E-state index in [0.717, 1.165) is 0 Å². The average Bonchev–Trinajstić information content (AvgIpc) is 2.94. The normalized spacial score (nSPS) is 10.4. The lowest BCUT2D eigenvalue weighted by atomic mass is 10.7. The van der Waals surface area contributed by atoms with Crippen LogP contribution >= 0.6 is 0 Å². The van der Waals surface area contributed by atoms with E-state index in [9.17, 15) is 8.42 Å². The number of anilines is 1. The van der Waals surface area contributed by atoms with Crippen LogP contribution in [0, 0.1) is 0 Å². The van der Waals surface area contributed by atoms with Gasteiger partial charge in [0.25, 0.3) is 0 Å². The minimum absolute atomic E-state index is 0.233. The van der Waals surface area contributed by atoms with E-state index in [4.69, 9.17) is 4.55 Å². The topological polar surface area (TPSA) is 157 Å². The van der Waals surface area contributed by atoms with E-state index in [-0.39, 0.29) is 5.95 Å². The molecule has 0 aromatic carbocycles. The summed E-state index contributed by atoms with van der Waals surface area (Å²) in [6.07, 6.45) is 6.44. The molecule has 0 aliphatic rings.